The van der Waals surface area contributed by atoms with Crippen LogP contribution < -0.4 is 0 Å². The van der Waals surface area contributed by atoms with E-state index in [0.29, 0.717) is 28.7 Å². The molecule has 0 spiro atoms. The zero-order valence-corrected chi connectivity index (χ0v) is 24.6. The highest BCUT2D eigenvalue weighted by atomic mass is 35.5. The molecule has 3 aromatic carbocycles. The van der Waals surface area contributed by atoms with Gasteiger partial charge >= 0.3 is 0 Å². The van der Waals surface area contributed by atoms with E-state index in [1.165, 1.54) is 36.8 Å². The van der Waals surface area contributed by atoms with E-state index in [0.717, 1.165) is 50.2 Å². The molecular weight excluding hydrogens is 528 g/mol. The molecule has 3 atom stereocenters. The van der Waals surface area contributed by atoms with Gasteiger partial charge in [-0.25, -0.2) is 4.98 Å². The van der Waals surface area contributed by atoms with Crippen molar-refractivity contribution in [3.8, 4) is 0 Å². The second-order valence-corrected chi connectivity index (χ2v) is 12.9. The Bertz CT molecular complexity index is 1530. The molecule has 5 nitrogen and oxygen atoms in total. The third kappa shape index (κ3) is 4.97. The van der Waals surface area contributed by atoms with Crippen molar-refractivity contribution < 1.29 is 4.79 Å². The number of fused-ring (bicyclic) bond motifs is 3. The SMILES string of the molecule is Cc1nc2ccccc2n1C1C[C@H]2CC[C@@H](C1)N2CCC1(c2ccccc2)CCN(C(=O)c2cccc(Cl)c2)CC1. The van der Waals surface area contributed by atoms with Gasteiger partial charge in [0.05, 0.1) is 11.0 Å². The van der Waals surface area contributed by atoms with Crippen molar-refractivity contribution in [1.29, 1.82) is 0 Å². The molecule has 1 aromatic heterocycles. The Morgan fingerprint density at radius 1 is 0.902 bits per heavy atom. The summed E-state index contributed by atoms with van der Waals surface area (Å²) >= 11 is 6.19. The monoisotopic (exact) mass is 566 g/mol. The second-order valence-electron chi connectivity index (χ2n) is 12.5. The van der Waals surface area contributed by atoms with Crippen molar-refractivity contribution in [2.45, 2.75) is 75.4 Å². The Morgan fingerprint density at radius 2 is 1.61 bits per heavy atom. The van der Waals surface area contributed by atoms with Crippen LogP contribution in [-0.4, -0.2) is 57.0 Å². The number of carbonyl (C=O) groups is 1. The summed E-state index contributed by atoms with van der Waals surface area (Å²) in [5, 5.41) is 0.612. The van der Waals surface area contributed by atoms with Crippen LogP contribution in [0.15, 0.2) is 78.9 Å². The van der Waals surface area contributed by atoms with Gasteiger partial charge in [0.2, 0.25) is 0 Å². The van der Waals surface area contributed by atoms with Crippen LogP contribution in [-0.2, 0) is 5.41 Å². The predicted octanol–water partition coefficient (Wildman–Crippen LogP) is 7.43. The summed E-state index contributed by atoms with van der Waals surface area (Å²) in [6.45, 7) is 4.86. The molecule has 1 amide bonds. The molecule has 3 aliphatic rings. The zero-order valence-electron chi connectivity index (χ0n) is 23.9. The van der Waals surface area contributed by atoms with Gasteiger partial charge in [-0.3, -0.25) is 9.69 Å². The Kier molecular flexibility index (Phi) is 7.12. The highest BCUT2D eigenvalue weighted by molar-refractivity contribution is 6.30. The van der Waals surface area contributed by atoms with Crippen molar-refractivity contribution in [1.82, 2.24) is 19.4 Å². The van der Waals surface area contributed by atoms with Crippen LogP contribution in [0.5, 0.6) is 0 Å². The molecule has 6 heteroatoms. The number of halogens is 1. The van der Waals surface area contributed by atoms with Crippen LogP contribution in [0.2, 0.25) is 5.02 Å². The van der Waals surface area contributed by atoms with Gasteiger partial charge in [-0.1, -0.05) is 60.1 Å². The molecule has 0 saturated carbocycles. The maximum Gasteiger partial charge on any atom is 0.253 e. The summed E-state index contributed by atoms with van der Waals surface area (Å²) in [6, 6.07) is 28.8. The Hall–Kier alpha value is -3.15. The normalized spacial score (nSPS) is 24.1. The number of nitrogens with zero attached hydrogens (tertiary/aromatic N) is 4. The van der Waals surface area contributed by atoms with Crippen molar-refractivity contribution >= 4 is 28.5 Å². The van der Waals surface area contributed by atoms with Gasteiger partial charge in [-0.15, -0.1) is 0 Å². The molecule has 4 aromatic rings. The molecule has 7 rings (SSSR count). The molecule has 212 valence electrons. The quantitative estimate of drug-likeness (QED) is 0.244. The molecule has 3 fully saturated rings. The summed E-state index contributed by atoms with van der Waals surface area (Å²) in [6.07, 6.45) is 8.14. The fourth-order valence-electron chi connectivity index (χ4n) is 8.21. The van der Waals surface area contributed by atoms with Gasteiger partial charge in [0.25, 0.3) is 5.91 Å². The van der Waals surface area contributed by atoms with Crippen molar-refractivity contribution in [2.75, 3.05) is 19.6 Å². The first-order valence-corrected chi connectivity index (χ1v) is 15.7. The maximum atomic E-state index is 13.3. The number of benzene rings is 3. The van der Waals surface area contributed by atoms with Gasteiger partial charge in [0, 0.05) is 41.8 Å². The van der Waals surface area contributed by atoms with Crippen molar-refractivity contribution in [2.24, 2.45) is 0 Å². The standard InChI is InChI=1S/C35H39ClN4O/c1-25-37-32-12-5-6-13-33(32)40(25)31-23-29-14-15-30(24-31)39(29)21-18-35(27-9-3-2-4-10-27)16-19-38(20-17-35)34(41)26-8-7-11-28(36)22-26/h2-13,22,29-31H,14-21,23-24H2,1H3/t29-,30+,31?. The van der Waals surface area contributed by atoms with Crippen LogP contribution in [0.3, 0.4) is 0 Å². The number of hydrogen-bond donors (Lipinski definition) is 0. The number of aryl methyl sites for hydroxylation is 1. The first kappa shape index (κ1) is 26.7. The lowest BCUT2D eigenvalue weighted by Crippen LogP contribution is -2.49. The fourth-order valence-corrected chi connectivity index (χ4v) is 8.40. The summed E-state index contributed by atoms with van der Waals surface area (Å²) in [5.74, 6) is 1.24. The fraction of sp³-hybridized carbons (Fsp3) is 0.429. The second kappa shape index (κ2) is 10.9. The van der Waals surface area contributed by atoms with Crippen LogP contribution in [0.4, 0.5) is 0 Å². The molecule has 4 heterocycles. The predicted molar refractivity (Wildman–Crippen MR) is 166 cm³/mol. The van der Waals surface area contributed by atoms with Crippen LogP contribution in [0.1, 0.15) is 72.7 Å². The Labute approximate surface area is 248 Å². The average molecular weight is 567 g/mol. The lowest BCUT2D eigenvalue weighted by Gasteiger charge is -2.45. The zero-order chi connectivity index (χ0) is 28.0. The van der Waals surface area contributed by atoms with Gasteiger partial charge in [0.15, 0.2) is 0 Å². The van der Waals surface area contributed by atoms with E-state index in [4.69, 9.17) is 16.6 Å². The van der Waals surface area contributed by atoms with E-state index in [1.54, 1.807) is 6.07 Å². The summed E-state index contributed by atoms with van der Waals surface area (Å²) in [4.78, 5) is 23.0. The largest absolute Gasteiger partial charge is 0.339 e. The first-order valence-electron chi connectivity index (χ1n) is 15.3. The van der Waals surface area contributed by atoms with Gasteiger partial charge in [-0.05, 0) is 99.7 Å². The van der Waals surface area contributed by atoms with Crippen molar-refractivity contribution in [3.63, 3.8) is 0 Å². The summed E-state index contributed by atoms with van der Waals surface area (Å²) < 4.78 is 2.52. The third-order valence-corrected chi connectivity index (χ3v) is 10.5. The number of piperidine rings is 2. The van der Waals surface area contributed by atoms with E-state index in [-0.39, 0.29) is 11.3 Å². The highest BCUT2D eigenvalue weighted by Gasteiger charge is 2.44. The van der Waals surface area contributed by atoms with Gasteiger partial charge in [-0.2, -0.15) is 0 Å². The molecule has 3 aliphatic heterocycles. The van der Waals surface area contributed by atoms with Gasteiger partial charge in [0.1, 0.15) is 5.82 Å². The molecule has 0 N–H and O–H groups in total. The van der Waals surface area contributed by atoms with Crippen LogP contribution in [0, 0.1) is 6.92 Å². The maximum absolute atomic E-state index is 13.3. The third-order valence-electron chi connectivity index (χ3n) is 10.3. The molecule has 3 saturated heterocycles. The number of rotatable bonds is 6. The van der Waals surface area contributed by atoms with Crippen LogP contribution >= 0.6 is 11.6 Å². The number of carbonyl (C=O) groups excluding carboxylic acids is 1. The molecular formula is C35H39ClN4O. The average Bonchev–Trinajstić information content (AvgIpc) is 3.46. The topological polar surface area (TPSA) is 41.4 Å². The lowest BCUT2D eigenvalue weighted by atomic mass is 9.70. The number of aromatic nitrogens is 2. The lowest BCUT2D eigenvalue weighted by molar-refractivity contribution is 0.0607. The minimum atomic E-state index is 0.0941. The molecule has 41 heavy (non-hydrogen) atoms. The number of para-hydroxylation sites is 2. The highest BCUT2D eigenvalue weighted by Crippen LogP contribution is 2.45. The van der Waals surface area contributed by atoms with E-state index in [2.05, 4.69) is 71.0 Å². The van der Waals surface area contributed by atoms with Crippen molar-refractivity contribution in [3.05, 3.63) is 101 Å². The number of amides is 1. The number of hydrogen-bond acceptors (Lipinski definition) is 3. The summed E-state index contributed by atoms with van der Waals surface area (Å²) in [7, 11) is 0. The van der Waals surface area contributed by atoms with E-state index >= 15 is 0 Å². The number of likely N-dealkylation sites (tertiary alicyclic amines) is 1. The molecule has 0 aliphatic carbocycles. The Balaban J connectivity index is 1.06. The van der Waals surface area contributed by atoms with Gasteiger partial charge < -0.3 is 9.47 Å². The summed E-state index contributed by atoms with van der Waals surface area (Å²) in [5.41, 5.74) is 4.61. The van der Waals surface area contributed by atoms with E-state index in [1.807, 2.05) is 23.1 Å². The smallest absolute Gasteiger partial charge is 0.253 e. The minimum absolute atomic E-state index is 0.0941. The molecule has 0 radical (unpaired) electrons. The van der Waals surface area contributed by atoms with E-state index < -0.39 is 0 Å². The van der Waals surface area contributed by atoms with E-state index in [9.17, 15) is 4.79 Å². The first-order chi connectivity index (χ1) is 20.0. The Morgan fingerprint density at radius 3 is 2.34 bits per heavy atom. The molecule has 1 unspecified atom stereocenters. The van der Waals surface area contributed by atoms with Crippen LogP contribution in [0.25, 0.3) is 11.0 Å². The number of imidazole rings is 1. The molecule has 2 bridgehead atoms. The minimum Gasteiger partial charge on any atom is -0.339 e.